The molecule has 2 aliphatic rings. The number of ether oxygens (including phenoxy) is 2. The Bertz CT molecular complexity index is 876. The van der Waals surface area contributed by atoms with Crippen LogP contribution in [0.25, 0.3) is 12.2 Å². The smallest absolute Gasteiger partial charge is 0.111 e. The summed E-state index contributed by atoms with van der Waals surface area (Å²) in [6.45, 7) is -0.964. The van der Waals surface area contributed by atoms with Crippen molar-refractivity contribution in [1.82, 2.24) is 0 Å². The van der Waals surface area contributed by atoms with Crippen LogP contribution in [0.15, 0.2) is 30.4 Å². The summed E-state index contributed by atoms with van der Waals surface area (Å²) in [6.07, 6.45) is -4.33. The number of rotatable bonds is 8. The molecule has 35 heavy (non-hydrogen) atoms. The molecule has 0 radical (unpaired) electrons. The van der Waals surface area contributed by atoms with Crippen LogP contribution < -0.4 is 0 Å². The minimum Gasteiger partial charge on any atom is -0.394 e. The summed E-state index contributed by atoms with van der Waals surface area (Å²) in [5.74, 6) is 0. The number of benzene rings is 1. The molecule has 2 heterocycles. The van der Waals surface area contributed by atoms with Crippen molar-refractivity contribution in [3.63, 3.8) is 0 Å². The van der Waals surface area contributed by atoms with Gasteiger partial charge in [-0.2, -0.15) is 0 Å². The average molecular weight is 517 g/mol. The van der Waals surface area contributed by atoms with Crippen molar-refractivity contribution in [2.24, 2.45) is 0 Å². The summed E-state index contributed by atoms with van der Waals surface area (Å²) >= 11 is 6.37. The van der Waals surface area contributed by atoms with Gasteiger partial charge in [-0.05, 0) is 30.0 Å². The molecular weight excluding hydrogens is 484 g/mol. The molecule has 11 heteroatoms. The molecule has 0 saturated carbocycles. The molecule has 8 N–H and O–H groups in total. The van der Waals surface area contributed by atoms with E-state index >= 15 is 0 Å². The molecule has 0 aromatic heterocycles. The second-order valence-corrected chi connectivity index (χ2v) is 9.20. The highest BCUT2D eigenvalue weighted by Crippen LogP contribution is 2.26. The molecule has 2 saturated heterocycles. The fraction of sp³-hybridized carbons (Fsp3) is 0.583. The Morgan fingerprint density at radius 3 is 1.57 bits per heavy atom. The van der Waals surface area contributed by atoms with Gasteiger partial charge in [0.2, 0.25) is 0 Å². The monoisotopic (exact) mass is 516 g/mol. The predicted octanol–water partition coefficient (Wildman–Crippen LogP) is -1.17. The van der Waals surface area contributed by atoms with Crippen molar-refractivity contribution in [3.8, 4) is 0 Å². The maximum atomic E-state index is 10.1. The van der Waals surface area contributed by atoms with Crippen LogP contribution in [0.2, 0.25) is 5.02 Å². The molecule has 2 fully saturated rings. The molecule has 0 spiro atoms. The summed E-state index contributed by atoms with van der Waals surface area (Å²) in [5.41, 5.74) is 1.47. The summed E-state index contributed by atoms with van der Waals surface area (Å²) in [6, 6.07) is 5.31. The first-order chi connectivity index (χ1) is 16.7. The zero-order valence-electron chi connectivity index (χ0n) is 18.9. The average Bonchev–Trinajstić information content (AvgIpc) is 2.85. The lowest BCUT2D eigenvalue weighted by Crippen LogP contribution is -2.58. The van der Waals surface area contributed by atoms with Gasteiger partial charge in [0.05, 0.1) is 25.4 Å². The van der Waals surface area contributed by atoms with Crippen LogP contribution >= 0.6 is 11.6 Å². The van der Waals surface area contributed by atoms with E-state index in [1.54, 1.807) is 36.4 Å². The zero-order chi connectivity index (χ0) is 25.7. The lowest BCUT2D eigenvalue weighted by Gasteiger charge is -2.39. The lowest BCUT2D eigenvalue weighted by atomic mass is 9.93. The summed E-state index contributed by atoms with van der Waals surface area (Å²) < 4.78 is 10.9. The Kier molecular flexibility index (Phi) is 10.2. The third kappa shape index (κ3) is 6.68. The number of aliphatic hydroxyl groups is 8. The molecule has 196 valence electrons. The molecule has 2 aliphatic heterocycles. The Labute approximate surface area is 207 Å². The number of hydrogen-bond donors (Lipinski definition) is 8. The second kappa shape index (κ2) is 12.7. The largest absolute Gasteiger partial charge is 0.394 e. The van der Waals surface area contributed by atoms with Crippen molar-refractivity contribution in [1.29, 1.82) is 0 Å². The molecule has 1 aromatic rings. The highest BCUT2D eigenvalue weighted by atomic mass is 35.5. The van der Waals surface area contributed by atoms with Gasteiger partial charge >= 0.3 is 0 Å². The molecular formula is C24H33ClO10. The van der Waals surface area contributed by atoms with Gasteiger partial charge in [0.25, 0.3) is 0 Å². The second-order valence-electron chi connectivity index (χ2n) is 8.79. The van der Waals surface area contributed by atoms with E-state index in [1.807, 2.05) is 6.07 Å². The van der Waals surface area contributed by atoms with Gasteiger partial charge in [-0.3, -0.25) is 0 Å². The quantitative estimate of drug-likeness (QED) is 0.210. The fourth-order valence-electron chi connectivity index (χ4n) is 4.20. The standard InChI is InChI=1S/C24H33ClO10/c25-14-9-12(3-1-5-15-19(28)23(32)21(30)17(10-26)34-15)7-8-13(14)4-2-6-16-20(29)24(33)22(31)18(11-27)35-16/h1-4,7-9,15-24,26-33H,5-6,10-11H2/b3-1+,4-2+/t15-,16-,17-,18-,19-,20-,21-,22-,23-,24-/m1/s1. The van der Waals surface area contributed by atoms with E-state index in [9.17, 15) is 40.9 Å². The minimum absolute atomic E-state index is 0.221. The maximum absolute atomic E-state index is 10.1. The van der Waals surface area contributed by atoms with Gasteiger partial charge in [0.1, 0.15) is 48.8 Å². The highest BCUT2D eigenvalue weighted by molar-refractivity contribution is 6.32. The van der Waals surface area contributed by atoms with E-state index in [0.29, 0.717) is 10.6 Å². The first kappa shape index (κ1) is 28.2. The van der Waals surface area contributed by atoms with Crippen LogP contribution in [-0.2, 0) is 9.47 Å². The number of hydrogen-bond acceptors (Lipinski definition) is 10. The predicted molar refractivity (Wildman–Crippen MR) is 126 cm³/mol. The van der Waals surface area contributed by atoms with Crippen molar-refractivity contribution in [3.05, 3.63) is 46.5 Å². The number of aliphatic hydroxyl groups excluding tert-OH is 8. The van der Waals surface area contributed by atoms with Crippen LogP contribution in [0, 0.1) is 0 Å². The molecule has 0 aliphatic carbocycles. The van der Waals surface area contributed by atoms with Crippen LogP contribution in [0.5, 0.6) is 0 Å². The molecule has 10 nitrogen and oxygen atoms in total. The Hall–Kier alpha value is -1.41. The van der Waals surface area contributed by atoms with E-state index in [4.69, 9.17) is 21.1 Å². The summed E-state index contributed by atoms with van der Waals surface area (Å²) in [5, 5.41) is 78.7. The normalized spacial score (nSPS) is 38.4. The van der Waals surface area contributed by atoms with Gasteiger partial charge in [0.15, 0.2) is 0 Å². The molecule has 0 amide bonds. The van der Waals surface area contributed by atoms with Gasteiger partial charge in [0, 0.05) is 5.02 Å². The van der Waals surface area contributed by atoms with E-state index < -0.39 is 74.3 Å². The van der Waals surface area contributed by atoms with Crippen LogP contribution in [-0.4, -0.2) is 115 Å². The molecule has 10 atom stereocenters. The summed E-state index contributed by atoms with van der Waals surface area (Å²) in [4.78, 5) is 0. The fourth-order valence-corrected chi connectivity index (χ4v) is 4.45. The summed E-state index contributed by atoms with van der Waals surface area (Å²) in [7, 11) is 0. The first-order valence-electron chi connectivity index (χ1n) is 11.4. The van der Waals surface area contributed by atoms with Gasteiger partial charge in [-0.25, -0.2) is 0 Å². The van der Waals surface area contributed by atoms with Crippen LogP contribution in [0.1, 0.15) is 24.0 Å². The lowest BCUT2D eigenvalue weighted by molar-refractivity contribution is -0.227. The maximum Gasteiger partial charge on any atom is 0.111 e. The van der Waals surface area contributed by atoms with Gasteiger partial charge in [-0.1, -0.05) is 48.0 Å². The van der Waals surface area contributed by atoms with E-state index in [-0.39, 0.29) is 12.8 Å². The Morgan fingerprint density at radius 1 is 0.657 bits per heavy atom. The van der Waals surface area contributed by atoms with E-state index in [2.05, 4.69) is 0 Å². The van der Waals surface area contributed by atoms with Crippen molar-refractivity contribution < 1.29 is 50.3 Å². The van der Waals surface area contributed by atoms with Crippen molar-refractivity contribution >= 4 is 23.8 Å². The SMILES string of the molecule is OC[C@H]1O[C@H](C/C=C/c2ccc(/C=C/C[C@H]3O[C@H](CO)[C@@H](O)[C@H](O)[C@@H]3O)c(Cl)c2)[C@@H](O)[C@@H](O)[C@@H]1O. The third-order valence-corrected chi connectivity index (χ3v) is 6.68. The van der Waals surface area contributed by atoms with Crippen molar-refractivity contribution in [2.45, 2.75) is 73.9 Å². The van der Waals surface area contributed by atoms with Crippen LogP contribution in [0.3, 0.4) is 0 Å². The number of halogens is 1. The Balaban J connectivity index is 1.57. The first-order valence-corrected chi connectivity index (χ1v) is 11.8. The van der Waals surface area contributed by atoms with Gasteiger partial charge < -0.3 is 50.3 Å². The molecule has 0 bridgehead atoms. The Morgan fingerprint density at radius 2 is 1.11 bits per heavy atom. The third-order valence-electron chi connectivity index (χ3n) is 6.35. The van der Waals surface area contributed by atoms with Crippen LogP contribution in [0.4, 0.5) is 0 Å². The van der Waals surface area contributed by atoms with E-state index in [0.717, 1.165) is 5.56 Å². The zero-order valence-corrected chi connectivity index (χ0v) is 19.7. The van der Waals surface area contributed by atoms with Crippen molar-refractivity contribution in [2.75, 3.05) is 13.2 Å². The topological polar surface area (TPSA) is 180 Å². The molecule has 0 unspecified atom stereocenters. The van der Waals surface area contributed by atoms with Gasteiger partial charge in [-0.15, -0.1) is 0 Å². The minimum atomic E-state index is -1.42. The molecule has 1 aromatic carbocycles. The molecule has 3 rings (SSSR count). The van der Waals surface area contributed by atoms with E-state index in [1.165, 1.54) is 0 Å². The highest BCUT2D eigenvalue weighted by Gasteiger charge is 2.43.